The van der Waals surface area contributed by atoms with Crippen LogP contribution in [0.15, 0.2) is 12.2 Å². The predicted octanol–water partition coefficient (Wildman–Crippen LogP) is 7.24. The maximum absolute atomic E-state index is 10.1. The van der Waals surface area contributed by atoms with E-state index in [2.05, 4.69) is 60.6 Å². The van der Waals surface area contributed by atoms with Crippen LogP contribution in [0, 0.1) is 29.6 Å². The fourth-order valence-corrected chi connectivity index (χ4v) is 3.65. The highest BCUT2D eigenvalue weighted by Gasteiger charge is 2.20. The number of unbranched alkanes of at least 4 members (excludes halogenated alkanes) is 1. The lowest BCUT2D eigenvalue weighted by Crippen LogP contribution is -2.24. The summed E-state index contributed by atoms with van der Waals surface area (Å²) in [6.45, 7) is 18.1. The first-order valence-electron chi connectivity index (χ1n) is 10.5. The Bertz CT molecular complexity index is 329. The second kappa shape index (κ2) is 12.1. The lowest BCUT2D eigenvalue weighted by Gasteiger charge is -2.27. The maximum Gasteiger partial charge on any atom is 0.0622 e. The molecule has 1 N–H and O–H groups in total. The monoisotopic (exact) mass is 338 g/mol. The summed E-state index contributed by atoms with van der Waals surface area (Å²) in [5.41, 5.74) is -0.514. The van der Waals surface area contributed by atoms with Crippen LogP contribution in [0.3, 0.4) is 0 Å². The first-order valence-corrected chi connectivity index (χ1v) is 10.5. The van der Waals surface area contributed by atoms with Crippen molar-refractivity contribution in [3.05, 3.63) is 12.2 Å². The van der Waals surface area contributed by atoms with E-state index < -0.39 is 5.60 Å². The van der Waals surface area contributed by atoms with Gasteiger partial charge >= 0.3 is 0 Å². The quantitative estimate of drug-likeness (QED) is 0.277. The van der Waals surface area contributed by atoms with Crippen LogP contribution in [0.1, 0.15) is 100 Å². The van der Waals surface area contributed by atoms with Crippen molar-refractivity contribution in [2.75, 3.05) is 0 Å². The third-order valence-electron chi connectivity index (χ3n) is 6.20. The zero-order valence-electron chi connectivity index (χ0n) is 17.9. The van der Waals surface area contributed by atoms with Crippen LogP contribution in [0.25, 0.3) is 0 Å². The highest BCUT2D eigenvalue weighted by Crippen LogP contribution is 2.29. The molecule has 0 fully saturated rings. The van der Waals surface area contributed by atoms with Crippen LogP contribution in [0.5, 0.6) is 0 Å². The van der Waals surface area contributed by atoms with Crippen LogP contribution >= 0.6 is 0 Å². The Hall–Kier alpha value is -0.300. The van der Waals surface area contributed by atoms with Crippen LogP contribution < -0.4 is 0 Å². The van der Waals surface area contributed by atoms with E-state index in [1.54, 1.807) is 0 Å². The Labute approximate surface area is 153 Å². The average molecular weight is 339 g/mol. The van der Waals surface area contributed by atoms with Crippen molar-refractivity contribution in [3.8, 4) is 0 Å². The highest BCUT2D eigenvalue weighted by atomic mass is 16.3. The minimum absolute atomic E-state index is 0.467. The molecule has 0 aliphatic rings. The van der Waals surface area contributed by atoms with Crippen molar-refractivity contribution in [2.24, 2.45) is 29.6 Å². The summed E-state index contributed by atoms with van der Waals surface area (Å²) < 4.78 is 0. The summed E-state index contributed by atoms with van der Waals surface area (Å²) in [6, 6.07) is 0. The van der Waals surface area contributed by atoms with E-state index in [4.69, 9.17) is 0 Å². The first kappa shape index (κ1) is 23.7. The normalized spacial score (nSPS) is 20.1. The molecule has 0 rings (SSSR count). The summed E-state index contributed by atoms with van der Waals surface area (Å²) in [7, 11) is 0. The van der Waals surface area contributed by atoms with E-state index in [9.17, 15) is 5.11 Å². The fourth-order valence-electron chi connectivity index (χ4n) is 3.65. The molecule has 0 radical (unpaired) electrons. The molecule has 0 aliphatic carbocycles. The summed E-state index contributed by atoms with van der Waals surface area (Å²) >= 11 is 0. The number of aliphatic hydroxyl groups is 1. The van der Waals surface area contributed by atoms with Crippen molar-refractivity contribution < 1.29 is 5.11 Å². The minimum atomic E-state index is -0.514. The summed E-state index contributed by atoms with van der Waals surface area (Å²) in [6.07, 6.45) is 12.9. The molecule has 5 unspecified atom stereocenters. The van der Waals surface area contributed by atoms with Crippen molar-refractivity contribution in [1.82, 2.24) is 0 Å². The van der Waals surface area contributed by atoms with Gasteiger partial charge in [0, 0.05) is 0 Å². The minimum Gasteiger partial charge on any atom is -0.390 e. The van der Waals surface area contributed by atoms with Crippen LogP contribution in [0.2, 0.25) is 0 Å². The van der Waals surface area contributed by atoms with Crippen LogP contribution in [0.4, 0.5) is 0 Å². The van der Waals surface area contributed by atoms with Crippen LogP contribution in [-0.2, 0) is 0 Å². The molecule has 0 spiro atoms. The van der Waals surface area contributed by atoms with Crippen molar-refractivity contribution in [1.29, 1.82) is 0 Å². The molecule has 0 amide bonds. The van der Waals surface area contributed by atoms with Gasteiger partial charge in [0.15, 0.2) is 0 Å². The Morgan fingerprint density at radius 2 is 1.67 bits per heavy atom. The second-order valence-corrected chi connectivity index (χ2v) is 8.98. The lowest BCUT2D eigenvalue weighted by atomic mass is 9.79. The zero-order chi connectivity index (χ0) is 18.8. The molecule has 0 saturated heterocycles. The van der Waals surface area contributed by atoms with Gasteiger partial charge in [-0.25, -0.2) is 0 Å². The number of rotatable bonds is 13. The molecule has 0 aromatic rings. The first-order chi connectivity index (χ1) is 11.1. The van der Waals surface area contributed by atoms with Gasteiger partial charge in [0.05, 0.1) is 5.60 Å². The van der Waals surface area contributed by atoms with E-state index in [1.807, 2.05) is 6.92 Å². The van der Waals surface area contributed by atoms with E-state index >= 15 is 0 Å². The van der Waals surface area contributed by atoms with E-state index in [0.717, 1.165) is 36.5 Å². The maximum atomic E-state index is 10.1. The van der Waals surface area contributed by atoms with Crippen molar-refractivity contribution >= 4 is 0 Å². The summed E-state index contributed by atoms with van der Waals surface area (Å²) in [5.74, 6) is 3.80. The van der Waals surface area contributed by atoms with Crippen molar-refractivity contribution in [2.45, 2.75) is 106 Å². The molecule has 144 valence electrons. The Morgan fingerprint density at radius 1 is 1.04 bits per heavy atom. The van der Waals surface area contributed by atoms with Gasteiger partial charge in [-0.1, -0.05) is 73.5 Å². The number of hydrogen-bond donors (Lipinski definition) is 1. The fraction of sp³-hybridized carbons (Fsp3) is 0.913. The molecule has 5 atom stereocenters. The molecule has 0 aromatic carbocycles. The second-order valence-electron chi connectivity index (χ2n) is 8.98. The predicted molar refractivity (Wildman–Crippen MR) is 109 cm³/mol. The molecule has 0 saturated carbocycles. The van der Waals surface area contributed by atoms with E-state index in [1.165, 1.54) is 32.1 Å². The topological polar surface area (TPSA) is 20.2 Å². The Balaban J connectivity index is 4.08. The third kappa shape index (κ3) is 10.5. The molecule has 0 aliphatic heterocycles. The molecule has 1 heteroatoms. The Kier molecular flexibility index (Phi) is 12.0. The lowest BCUT2D eigenvalue weighted by molar-refractivity contribution is 0.0379. The van der Waals surface area contributed by atoms with Gasteiger partial charge in [-0.05, 0) is 68.6 Å². The van der Waals surface area contributed by atoms with Gasteiger partial charge in [0.25, 0.3) is 0 Å². The molecule has 0 bridgehead atoms. The summed E-state index contributed by atoms with van der Waals surface area (Å²) in [5, 5.41) is 10.1. The van der Waals surface area contributed by atoms with E-state index in [-0.39, 0.29) is 0 Å². The summed E-state index contributed by atoms with van der Waals surface area (Å²) in [4.78, 5) is 0. The standard InChI is InChI=1S/C23H46O/c1-9-22(16-20(6)21(7)18(3)4)15-13-11-12-14-19(5)17-23(8,24)10-2/h12,14,18-22,24H,9-11,13,15-17H2,1-8H3. The Morgan fingerprint density at radius 3 is 2.17 bits per heavy atom. The average Bonchev–Trinajstić information content (AvgIpc) is 2.51. The molecule has 24 heavy (non-hydrogen) atoms. The molecular weight excluding hydrogens is 292 g/mol. The number of allylic oxidation sites excluding steroid dienone is 2. The number of hydrogen-bond acceptors (Lipinski definition) is 1. The smallest absolute Gasteiger partial charge is 0.0622 e. The van der Waals surface area contributed by atoms with E-state index in [0.29, 0.717) is 5.92 Å². The molecule has 0 aromatic heterocycles. The highest BCUT2D eigenvalue weighted by molar-refractivity contribution is 4.90. The molecular formula is C23H46O. The van der Waals surface area contributed by atoms with Gasteiger partial charge in [-0.15, -0.1) is 0 Å². The van der Waals surface area contributed by atoms with Crippen molar-refractivity contribution in [3.63, 3.8) is 0 Å². The largest absolute Gasteiger partial charge is 0.390 e. The van der Waals surface area contributed by atoms with Gasteiger partial charge in [0.2, 0.25) is 0 Å². The van der Waals surface area contributed by atoms with Gasteiger partial charge in [-0.2, -0.15) is 0 Å². The zero-order valence-corrected chi connectivity index (χ0v) is 17.9. The van der Waals surface area contributed by atoms with Gasteiger partial charge in [0.1, 0.15) is 0 Å². The van der Waals surface area contributed by atoms with Crippen LogP contribution in [-0.4, -0.2) is 10.7 Å². The van der Waals surface area contributed by atoms with Gasteiger partial charge < -0.3 is 5.11 Å². The SMILES string of the molecule is CCC(CCCC=CC(C)CC(C)(O)CC)CC(C)C(C)C(C)C. The molecule has 1 nitrogen and oxygen atoms in total. The van der Waals surface area contributed by atoms with Gasteiger partial charge in [-0.3, -0.25) is 0 Å². The molecule has 0 heterocycles. The third-order valence-corrected chi connectivity index (χ3v) is 6.20.